The molecule has 10 nitrogen and oxygen atoms in total. The van der Waals surface area contributed by atoms with E-state index < -0.39 is 20.0 Å². The second-order valence-corrected chi connectivity index (χ2v) is 12.4. The van der Waals surface area contributed by atoms with Crippen LogP contribution in [-0.4, -0.2) is 45.5 Å². The van der Waals surface area contributed by atoms with Crippen LogP contribution in [0.25, 0.3) is 0 Å². The Labute approximate surface area is 218 Å². The van der Waals surface area contributed by atoms with E-state index in [2.05, 4.69) is 20.0 Å². The van der Waals surface area contributed by atoms with Crippen LogP contribution in [0, 0.1) is 27.7 Å². The molecule has 2 N–H and O–H groups in total. The van der Waals surface area contributed by atoms with Crippen molar-refractivity contribution in [2.75, 3.05) is 27.1 Å². The first-order valence-corrected chi connectivity index (χ1v) is 14.9. The zero-order valence-corrected chi connectivity index (χ0v) is 23.1. The van der Waals surface area contributed by atoms with E-state index in [-0.39, 0.29) is 29.7 Å². The van der Waals surface area contributed by atoms with Crippen molar-refractivity contribution in [1.29, 1.82) is 0 Å². The maximum atomic E-state index is 12.7. The molecule has 0 saturated carbocycles. The molecule has 0 spiro atoms. The van der Waals surface area contributed by atoms with Gasteiger partial charge in [0.2, 0.25) is 21.9 Å². The SMILES string of the molecule is Cc1cc(C)nc(NS(=O)(=O)c2ccc(NC(=O)CCCN(c3ccc(C)c(C)c3)S(C)(=O)=O)cc2)n1. The highest BCUT2D eigenvalue weighted by atomic mass is 32.2. The maximum Gasteiger partial charge on any atom is 0.264 e. The average molecular weight is 546 g/mol. The molecule has 37 heavy (non-hydrogen) atoms. The number of hydrogen-bond acceptors (Lipinski definition) is 7. The van der Waals surface area contributed by atoms with E-state index in [9.17, 15) is 21.6 Å². The molecular weight excluding hydrogens is 514 g/mol. The fraction of sp³-hybridized carbons (Fsp3) is 0.320. The number of carbonyl (C=O) groups is 1. The van der Waals surface area contributed by atoms with Crippen molar-refractivity contribution in [3.63, 3.8) is 0 Å². The molecule has 0 aliphatic carbocycles. The Hall–Kier alpha value is -3.51. The number of anilines is 3. The first-order valence-electron chi connectivity index (χ1n) is 11.5. The van der Waals surface area contributed by atoms with Crippen LogP contribution in [0.1, 0.15) is 35.4 Å². The average Bonchev–Trinajstić information content (AvgIpc) is 2.77. The number of carbonyl (C=O) groups excluding carboxylic acids is 1. The van der Waals surface area contributed by atoms with Gasteiger partial charge in [0, 0.05) is 30.0 Å². The summed E-state index contributed by atoms with van der Waals surface area (Å²) in [5.74, 6) is -0.329. The van der Waals surface area contributed by atoms with Crippen LogP contribution in [-0.2, 0) is 24.8 Å². The van der Waals surface area contributed by atoms with Crippen molar-refractivity contribution < 1.29 is 21.6 Å². The second-order valence-electron chi connectivity index (χ2n) is 8.86. The minimum absolute atomic E-state index is 0.00885. The Morgan fingerprint density at radius 3 is 2.05 bits per heavy atom. The Balaban J connectivity index is 1.59. The van der Waals surface area contributed by atoms with Crippen LogP contribution in [0.3, 0.4) is 0 Å². The summed E-state index contributed by atoms with van der Waals surface area (Å²) < 4.78 is 53.6. The molecule has 0 aliphatic rings. The number of hydrogen-bond donors (Lipinski definition) is 2. The summed E-state index contributed by atoms with van der Waals surface area (Å²) in [6, 6.07) is 12.9. The zero-order valence-electron chi connectivity index (χ0n) is 21.4. The molecule has 3 aromatic rings. The Morgan fingerprint density at radius 1 is 0.865 bits per heavy atom. The van der Waals surface area contributed by atoms with Crippen LogP contribution < -0.4 is 14.3 Å². The summed E-state index contributed by atoms with van der Waals surface area (Å²) in [5, 5.41) is 2.71. The maximum absolute atomic E-state index is 12.7. The topological polar surface area (TPSA) is 138 Å². The van der Waals surface area contributed by atoms with Gasteiger partial charge in [-0.15, -0.1) is 0 Å². The number of benzene rings is 2. The van der Waals surface area contributed by atoms with Crippen molar-refractivity contribution in [2.24, 2.45) is 0 Å². The van der Waals surface area contributed by atoms with E-state index in [1.165, 1.54) is 28.6 Å². The van der Waals surface area contributed by atoms with Crippen molar-refractivity contribution >= 4 is 43.3 Å². The molecule has 0 atom stereocenters. The van der Waals surface area contributed by atoms with Gasteiger partial charge in [-0.3, -0.25) is 9.10 Å². The predicted octanol–water partition coefficient (Wildman–Crippen LogP) is 3.70. The number of aryl methyl sites for hydroxylation is 4. The number of amides is 1. The molecule has 2 aromatic carbocycles. The van der Waals surface area contributed by atoms with Gasteiger partial charge in [0.1, 0.15) is 0 Å². The second kappa shape index (κ2) is 11.3. The predicted molar refractivity (Wildman–Crippen MR) is 145 cm³/mol. The monoisotopic (exact) mass is 545 g/mol. The third kappa shape index (κ3) is 7.73. The standard InChI is InChI=1S/C25H31N5O5S2/c1-17-8-11-22(15-18(17)2)30(36(5,32)33)14-6-7-24(31)28-21-9-12-23(13-10-21)37(34,35)29-25-26-19(3)16-20(4)27-25/h8-13,15-16H,6-7,14H2,1-5H3,(H,28,31)(H,26,27,29). The van der Waals surface area contributed by atoms with Crippen molar-refractivity contribution in [3.8, 4) is 0 Å². The molecule has 12 heteroatoms. The van der Waals surface area contributed by atoms with E-state index in [1.807, 2.05) is 26.0 Å². The van der Waals surface area contributed by atoms with Crippen molar-refractivity contribution in [3.05, 3.63) is 71.0 Å². The van der Waals surface area contributed by atoms with Gasteiger partial charge in [-0.25, -0.2) is 31.5 Å². The van der Waals surface area contributed by atoms with Gasteiger partial charge in [0.25, 0.3) is 10.0 Å². The largest absolute Gasteiger partial charge is 0.326 e. The molecular formula is C25H31N5O5S2. The summed E-state index contributed by atoms with van der Waals surface area (Å²) in [7, 11) is -7.43. The first-order chi connectivity index (χ1) is 17.2. The third-order valence-electron chi connectivity index (χ3n) is 5.60. The van der Waals surface area contributed by atoms with E-state index in [0.29, 0.717) is 29.2 Å². The number of nitrogens with one attached hydrogen (secondary N) is 2. The smallest absolute Gasteiger partial charge is 0.264 e. The summed E-state index contributed by atoms with van der Waals surface area (Å²) in [6.07, 6.45) is 1.53. The van der Waals surface area contributed by atoms with Crippen molar-refractivity contribution in [2.45, 2.75) is 45.4 Å². The normalized spacial score (nSPS) is 11.7. The number of aromatic nitrogens is 2. The van der Waals surface area contributed by atoms with Crippen LogP contribution in [0.4, 0.5) is 17.3 Å². The lowest BCUT2D eigenvalue weighted by atomic mass is 10.1. The minimum atomic E-state index is -3.91. The van der Waals surface area contributed by atoms with Crippen molar-refractivity contribution in [1.82, 2.24) is 9.97 Å². The fourth-order valence-electron chi connectivity index (χ4n) is 3.64. The highest BCUT2D eigenvalue weighted by molar-refractivity contribution is 7.92. The zero-order chi connectivity index (χ0) is 27.4. The molecule has 1 heterocycles. The van der Waals surface area contributed by atoms with Crippen LogP contribution >= 0.6 is 0 Å². The van der Waals surface area contributed by atoms with E-state index >= 15 is 0 Å². The molecule has 198 valence electrons. The van der Waals surface area contributed by atoms with Gasteiger partial charge in [-0.1, -0.05) is 6.07 Å². The number of sulfonamides is 2. The Morgan fingerprint density at radius 2 is 1.49 bits per heavy atom. The van der Waals surface area contributed by atoms with Gasteiger partial charge in [-0.2, -0.15) is 0 Å². The summed E-state index contributed by atoms with van der Waals surface area (Å²) >= 11 is 0. The van der Waals surface area contributed by atoms with E-state index in [0.717, 1.165) is 17.4 Å². The van der Waals surface area contributed by atoms with Gasteiger partial charge in [0.15, 0.2) is 0 Å². The molecule has 0 bridgehead atoms. The van der Waals surface area contributed by atoms with Gasteiger partial charge < -0.3 is 5.32 Å². The Bertz CT molecular complexity index is 1480. The molecule has 0 saturated heterocycles. The Kier molecular flexibility index (Phi) is 8.54. The molecule has 1 amide bonds. The highest BCUT2D eigenvalue weighted by Gasteiger charge is 2.19. The van der Waals surface area contributed by atoms with Gasteiger partial charge in [-0.05, 0) is 87.7 Å². The molecule has 0 aliphatic heterocycles. The fourth-order valence-corrected chi connectivity index (χ4v) is 5.54. The summed E-state index contributed by atoms with van der Waals surface area (Å²) in [5.41, 5.74) is 4.29. The molecule has 0 radical (unpaired) electrons. The molecule has 0 fully saturated rings. The van der Waals surface area contributed by atoms with Gasteiger partial charge in [0.05, 0.1) is 16.8 Å². The van der Waals surface area contributed by atoms with Crippen LogP contribution in [0.2, 0.25) is 0 Å². The number of nitrogens with zero attached hydrogens (tertiary/aromatic N) is 3. The van der Waals surface area contributed by atoms with Crippen LogP contribution in [0.15, 0.2) is 53.4 Å². The van der Waals surface area contributed by atoms with Gasteiger partial charge >= 0.3 is 0 Å². The lowest BCUT2D eigenvalue weighted by Crippen LogP contribution is -2.31. The lowest BCUT2D eigenvalue weighted by Gasteiger charge is -2.23. The lowest BCUT2D eigenvalue weighted by molar-refractivity contribution is -0.116. The summed E-state index contributed by atoms with van der Waals surface area (Å²) in [6.45, 7) is 7.50. The van der Waals surface area contributed by atoms with E-state index in [1.54, 1.807) is 26.0 Å². The summed E-state index contributed by atoms with van der Waals surface area (Å²) in [4.78, 5) is 20.6. The van der Waals surface area contributed by atoms with E-state index in [4.69, 9.17) is 0 Å². The van der Waals surface area contributed by atoms with Crippen LogP contribution in [0.5, 0.6) is 0 Å². The highest BCUT2D eigenvalue weighted by Crippen LogP contribution is 2.22. The third-order valence-corrected chi connectivity index (χ3v) is 8.14. The minimum Gasteiger partial charge on any atom is -0.326 e. The number of rotatable bonds is 10. The molecule has 1 aromatic heterocycles. The quantitative estimate of drug-likeness (QED) is 0.396. The first kappa shape index (κ1) is 28.1. The molecule has 0 unspecified atom stereocenters. The molecule has 3 rings (SSSR count).